The molecule has 0 saturated heterocycles. The molecule has 0 fully saturated rings. The number of amides is 2. The van der Waals surface area contributed by atoms with Gasteiger partial charge in [-0.3, -0.25) is 9.59 Å². The molecule has 0 radical (unpaired) electrons. The molecule has 0 aromatic heterocycles. The number of nitrogens with one attached hydrogen (secondary N) is 2. The normalized spacial score (nSPS) is 10.5. The van der Waals surface area contributed by atoms with Gasteiger partial charge in [0.25, 0.3) is 11.8 Å². The number of carbonyl (C=O) groups excluding carboxylic acids is 2. The zero-order valence-electron chi connectivity index (χ0n) is 13.2. The number of hydrazone groups is 1. The molecule has 2 amide bonds. The number of hydrogen-bond acceptors (Lipinski definition) is 3. The summed E-state index contributed by atoms with van der Waals surface area (Å²) in [6, 6.07) is 14.9. The third-order valence-electron chi connectivity index (χ3n) is 3.20. The van der Waals surface area contributed by atoms with Gasteiger partial charge in [-0.1, -0.05) is 47.5 Å². The quantitative estimate of drug-likeness (QED) is 0.656. The van der Waals surface area contributed by atoms with E-state index in [4.69, 9.17) is 0 Å². The molecule has 0 unspecified atom stereocenters. The van der Waals surface area contributed by atoms with Gasteiger partial charge in [0.05, 0.1) is 12.8 Å². The van der Waals surface area contributed by atoms with Gasteiger partial charge in [0.15, 0.2) is 0 Å². The summed E-state index contributed by atoms with van der Waals surface area (Å²) in [6.07, 6.45) is 1.55. The highest BCUT2D eigenvalue weighted by Gasteiger charge is 2.06. The van der Waals surface area contributed by atoms with Crippen molar-refractivity contribution in [3.8, 4) is 0 Å². The molecule has 2 aromatic carbocycles. The zero-order chi connectivity index (χ0) is 16.7. The molecular formula is C18H19N3O2. The Balaban J connectivity index is 1.77. The maximum atomic E-state index is 11.9. The molecule has 0 spiro atoms. The smallest absolute Gasteiger partial charge is 0.259 e. The average molecular weight is 309 g/mol. The summed E-state index contributed by atoms with van der Waals surface area (Å²) < 4.78 is 0. The van der Waals surface area contributed by atoms with Crippen LogP contribution in [0.15, 0.2) is 53.6 Å². The molecule has 0 aliphatic carbocycles. The Hall–Kier alpha value is -2.95. The first kappa shape index (κ1) is 16.4. The molecule has 23 heavy (non-hydrogen) atoms. The van der Waals surface area contributed by atoms with E-state index >= 15 is 0 Å². The van der Waals surface area contributed by atoms with E-state index < -0.39 is 0 Å². The molecule has 0 saturated carbocycles. The van der Waals surface area contributed by atoms with E-state index in [1.807, 2.05) is 50.2 Å². The first-order chi connectivity index (χ1) is 11.0. The minimum Gasteiger partial charge on any atom is -0.343 e. The van der Waals surface area contributed by atoms with Crippen LogP contribution in [0.4, 0.5) is 0 Å². The van der Waals surface area contributed by atoms with E-state index in [0.717, 1.165) is 16.7 Å². The van der Waals surface area contributed by atoms with Crippen molar-refractivity contribution in [1.29, 1.82) is 0 Å². The maximum absolute atomic E-state index is 11.9. The van der Waals surface area contributed by atoms with Crippen molar-refractivity contribution < 1.29 is 9.59 Å². The van der Waals surface area contributed by atoms with Crippen LogP contribution in [0, 0.1) is 13.8 Å². The lowest BCUT2D eigenvalue weighted by atomic mass is 10.1. The Morgan fingerprint density at radius 1 is 0.957 bits per heavy atom. The summed E-state index contributed by atoms with van der Waals surface area (Å²) in [5, 5.41) is 6.41. The van der Waals surface area contributed by atoms with Crippen molar-refractivity contribution in [2.45, 2.75) is 13.8 Å². The Labute approximate surface area is 135 Å². The van der Waals surface area contributed by atoms with Crippen LogP contribution >= 0.6 is 0 Å². The highest BCUT2D eigenvalue weighted by molar-refractivity contribution is 5.96. The number of benzene rings is 2. The average Bonchev–Trinajstić information content (AvgIpc) is 2.55. The third kappa shape index (κ3) is 5.39. The molecule has 0 heterocycles. The van der Waals surface area contributed by atoms with Crippen LogP contribution in [0.5, 0.6) is 0 Å². The van der Waals surface area contributed by atoms with Crippen LogP contribution in [0.1, 0.15) is 27.0 Å². The second-order valence-electron chi connectivity index (χ2n) is 5.25. The van der Waals surface area contributed by atoms with Gasteiger partial charge in [-0.05, 0) is 31.5 Å². The lowest BCUT2D eigenvalue weighted by molar-refractivity contribution is -0.120. The van der Waals surface area contributed by atoms with E-state index in [1.54, 1.807) is 18.3 Å². The van der Waals surface area contributed by atoms with Crippen LogP contribution in [-0.4, -0.2) is 24.6 Å². The molecule has 2 N–H and O–H groups in total. The highest BCUT2D eigenvalue weighted by Crippen LogP contribution is 2.02. The molecule has 0 aliphatic heterocycles. The van der Waals surface area contributed by atoms with Gasteiger partial charge >= 0.3 is 0 Å². The van der Waals surface area contributed by atoms with E-state index in [2.05, 4.69) is 15.8 Å². The van der Waals surface area contributed by atoms with Crippen molar-refractivity contribution in [2.75, 3.05) is 6.54 Å². The lowest BCUT2D eigenvalue weighted by Gasteiger charge is -2.04. The summed E-state index contributed by atoms with van der Waals surface area (Å²) in [5.74, 6) is -0.670. The minimum atomic E-state index is -0.381. The fourth-order valence-corrected chi connectivity index (χ4v) is 1.84. The minimum absolute atomic E-state index is 0.127. The van der Waals surface area contributed by atoms with Gasteiger partial charge in [-0.25, -0.2) is 5.43 Å². The first-order valence-electron chi connectivity index (χ1n) is 7.28. The highest BCUT2D eigenvalue weighted by atomic mass is 16.2. The monoisotopic (exact) mass is 309 g/mol. The van der Waals surface area contributed by atoms with Crippen molar-refractivity contribution in [3.05, 3.63) is 70.8 Å². The fraction of sp³-hybridized carbons (Fsp3) is 0.167. The molecule has 0 aliphatic rings. The summed E-state index contributed by atoms with van der Waals surface area (Å²) >= 11 is 0. The Morgan fingerprint density at radius 2 is 1.52 bits per heavy atom. The molecule has 0 atom stereocenters. The van der Waals surface area contributed by atoms with Gasteiger partial charge in [0.1, 0.15) is 0 Å². The predicted octanol–water partition coefficient (Wildman–Crippen LogP) is 2.18. The van der Waals surface area contributed by atoms with Crippen LogP contribution in [0.3, 0.4) is 0 Å². The summed E-state index contributed by atoms with van der Waals surface area (Å²) in [7, 11) is 0. The van der Waals surface area contributed by atoms with Crippen LogP contribution < -0.4 is 10.7 Å². The number of nitrogens with zero attached hydrogens (tertiary/aromatic N) is 1. The maximum Gasteiger partial charge on any atom is 0.259 e. The number of carbonyl (C=O) groups is 2. The van der Waals surface area contributed by atoms with E-state index in [9.17, 15) is 9.59 Å². The van der Waals surface area contributed by atoms with Gasteiger partial charge in [0, 0.05) is 5.56 Å². The number of hydrogen-bond donors (Lipinski definition) is 2. The Kier molecular flexibility index (Phi) is 5.63. The second kappa shape index (κ2) is 7.89. The molecule has 5 nitrogen and oxygen atoms in total. The van der Waals surface area contributed by atoms with Crippen LogP contribution in [0.2, 0.25) is 0 Å². The van der Waals surface area contributed by atoms with Gasteiger partial charge in [-0.15, -0.1) is 0 Å². The largest absolute Gasteiger partial charge is 0.343 e. The fourth-order valence-electron chi connectivity index (χ4n) is 1.84. The van der Waals surface area contributed by atoms with Crippen LogP contribution in [0.25, 0.3) is 0 Å². The molecule has 118 valence electrons. The summed E-state index contributed by atoms with van der Waals surface area (Å²) in [4.78, 5) is 23.5. The van der Waals surface area contributed by atoms with E-state index in [-0.39, 0.29) is 18.4 Å². The topological polar surface area (TPSA) is 70.6 Å². The van der Waals surface area contributed by atoms with Gasteiger partial charge in [0.2, 0.25) is 0 Å². The zero-order valence-corrected chi connectivity index (χ0v) is 13.2. The van der Waals surface area contributed by atoms with Gasteiger partial charge in [-0.2, -0.15) is 5.10 Å². The summed E-state index contributed by atoms with van der Waals surface area (Å²) in [6.45, 7) is 3.82. The van der Waals surface area contributed by atoms with Crippen molar-refractivity contribution in [3.63, 3.8) is 0 Å². The van der Waals surface area contributed by atoms with Crippen LogP contribution in [-0.2, 0) is 4.79 Å². The van der Waals surface area contributed by atoms with Crippen molar-refractivity contribution in [1.82, 2.24) is 10.7 Å². The molecule has 0 bridgehead atoms. The van der Waals surface area contributed by atoms with Crippen molar-refractivity contribution in [2.24, 2.45) is 5.10 Å². The summed E-state index contributed by atoms with van der Waals surface area (Å²) in [5.41, 5.74) is 6.02. The molecule has 2 aromatic rings. The van der Waals surface area contributed by atoms with Gasteiger partial charge < -0.3 is 5.32 Å². The molecule has 2 rings (SSSR count). The van der Waals surface area contributed by atoms with E-state index in [0.29, 0.717) is 5.56 Å². The third-order valence-corrected chi connectivity index (χ3v) is 3.20. The number of aryl methyl sites for hydroxylation is 2. The number of rotatable bonds is 5. The Morgan fingerprint density at radius 3 is 2.13 bits per heavy atom. The molecule has 5 heteroatoms. The SMILES string of the molecule is Cc1ccc(/C=N\NC(=O)CNC(=O)c2ccc(C)cc2)cc1. The Bertz CT molecular complexity index is 704. The van der Waals surface area contributed by atoms with E-state index in [1.165, 1.54) is 0 Å². The first-order valence-corrected chi connectivity index (χ1v) is 7.28. The lowest BCUT2D eigenvalue weighted by Crippen LogP contribution is -2.34. The standard InChI is InChI=1S/C18H19N3O2/c1-13-3-7-15(8-4-13)11-20-21-17(22)12-19-18(23)16-9-5-14(2)6-10-16/h3-11H,12H2,1-2H3,(H,19,23)(H,21,22)/b20-11-. The molecular weight excluding hydrogens is 290 g/mol. The van der Waals surface area contributed by atoms with Crippen molar-refractivity contribution >= 4 is 18.0 Å². The second-order valence-corrected chi connectivity index (χ2v) is 5.25. The predicted molar refractivity (Wildman–Crippen MR) is 90.4 cm³/mol.